The first kappa shape index (κ1) is 27.1. The summed E-state index contributed by atoms with van der Waals surface area (Å²) < 4.78 is 36.3. The number of carbonyl (C=O) groups is 3. The average Bonchev–Trinajstić information content (AvgIpc) is 3.07. The normalized spacial score (nSPS) is 40.6. The Morgan fingerprint density at radius 1 is 1.06 bits per heavy atom. The summed E-state index contributed by atoms with van der Waals surface area (Å²) in [7, 11) is 2.23. The molecule has 0 spiro atoms. The number of hydrogen-bond acceptors (Lipinski definition) is 14. The van der Waals surface area contributed by atoms with E-state index in [1.54, 1.807) is 0 Å². The molecule has 0 bridgehead atoms. The fourth-order valence-corrected chi connectivity index (χ4v) is 4.82. The van der Waals surface area contributed by atoms with Gasteiger partial charge in [0.2, 0.25) is 6.29 Å². The minimum absolute atomic E-state index is 0.00866. The van der Waals surface area contributed by atoms with E-state index in [1.807, 2.05) is 0 Å². The van der Waals surface area contributed by atoms with E-state index >= 15 is 0 Å². The van der Waals surface area contributed by atoms with Crippen LogP contribution in [0.5, 0.6) is 0 Å². The quantitative estimate of drug-likeness (QED) is 0.235. The monoisotopic (exact) mass is 506 g/mol. The van der Waals surface area contributed by atoms with Crippen LogP contribution in [0.4, 0.5) is 4.79 Å². The topological polar surface area (TPSA) is 197 Å². The summed E-state index contributed by atoms with van der Waals surface area (Å²) in [5, 5.41) is 41.7. The SMILES string of the molecule is COC(=O)OC[C@H]1O[C@@H](O[C@@H]2OC=C(C(=O)OC)[C@@H]3[C@H]2[C@@](C)(OC(C)=O)C[C@H]3O)[C@H](O)[C@@H](O)[C@@H]1O. The number of esters is 2. The summed E-state index contributed by atoms with van der Waals surface area (Å²) in [6.45, 7) is 2.18. The van der Waals surface area contributed by atoms with Crippen LogP contribution in [0, 0.1) is 11.8 Å². The Labute approximate surface area is 200 Å². The molecule has 198 valence electrons. The highest BCUT2D eigenvalue weighted by Crippen LogP contribution is 2.51. The van der Waals surface area contributed by atoms with Crippen molar-refractivity contribution in [1.82, 2.24) is 0 Å². The zero-order valence-electron chi connectivity index (χ0n) is 19.6. The van der Waals surface area contributed by atoms with Crippen molar-refractivity contribution >= 4 is 18.1 Å². The van der Waals surface area contributed by atoms with Crippen molar-refractivity contribution in [3.8, 4) is 0 Å². The summed E-state index contributed by atoms with van der Waals surface area (Å²) in [5.41, 5.74) is -1.37. The standard InChI is InChI=1S/C21H30O14/c1-8(22)35-21(2)5-10(23)12-9(17(27)29-3)6-31-18(13(12)21)34-19-16(26)15(25)14(24)11(33-19)7-32-20(28)30-4/h6,10-16,18-19,23-26H,5,7H2,1-4H3/t10-,11-,12+,13-,14-,15+,16-,18+,19+,21+/m1/s1. The van der Waals surface area contributed by atoms with E-state index in [1.165, 1.54) is 13.8 Å². The molecular formula is C21H30O14. The highest BCUT2D eigenvalue weighted by molar-refractivity contribution is 5.89. The maximum Gasteiger partial charge on any atom is 0.508 e. The van der Waals surface area contributed by atoms with Crippen LogP contribution in [0.25, 0.3) is 0 Å². The first-order valence-corrected chi connectivity index (χ1v) is 10.8. The zero-order chi connectivity index (χ0) is 26.1. The highest BCUT2D eigenvalue weighted by atomic mass is 16.8. The second-order valence-electron chi connectivity index (χ2n) is 8.71. The highest BCUT2D eigenvalue weighted by Gasteiger charge is 2.62. The van der Waals surface area contributed by atoms with Gasteiger partial charge in [0.1, 0.15) is 36.6 Å². The van der Waals surface area contributed by atoms with Crippen LogP contribution in [0.2, 0.25) is 0 Å². The number of methoxy groups -OCH3 is 2. The van der Waals surface area contributed by atoms with Gasteiger partial charge in [0.15, 0.2) is 6.29 Å². The number of fused-ring (bicyclic) bond motifs is 1. The fourth-order valence-electron chi connectivity index (χ4n) is 4.82. The van der Waals surface area contributed by atoms with Crippen molar-refractivity contribution in [3.63, 3.8) is 0 Å². The van der Waals surface area contributed by atoms with Crippen molar-refractivity contribution in [2.45, 2.75) is 69.0 Å². The molecule has 14 heteroatoms. The third-order valence-electron chi connectivity index (χ3n) is 6.37. The maximum absolute atomic E-state index is 12.3. The van der Waals surface area contributed by atoms with Gasteiger partial charge in [0.25, 0.3) is 0 Å². The van der Waals surface area contributed by atoms with E-state index in [4.69, 9.17) is 28.4 Å². The second kappa shape index (κ2) is 10.6. The van der Waals surface area contributed by atoms with Crippen LogP contribution in [0.1, 0.15) is 20.3 Å². The molecule has 35 heavy (non-hydrogen) atoms. The molecule has 0 radical (unpaired) electrons. The van der Waals surface area contributed by atoms with E-state index in [2.05, 4.69) is 4.74 Å². The molecule has 3 rings (SSSR count). The molecule has 1 saturated carbocycles. The molecule has 10 atom stereocenters. The third kappa shape index (κ3) is 5.37. The number of ether oxygens (including phenoxy) is 7. The fraction of sp³-hybridized carbons (Fsp3) is 0.762. The summed E-state index contributed by atoms with van der Waals surface area (Å²) >= 11 is 0. The van der Waals surface area contributed by atoms with Crippen molar-refractivity contribution < 1.29 is 68.0 Å². The Bertz CT molecular complexity index is 844. The van der Waals surface area contributed by atoms with Crippen molar-refractivity contribution in [2.24, 2.45) is 11.8 Å². The van der Waals surface area contributed by atoms with Gasteiger partial charge < -0.3 is 53.6 Å². The maximum atomic E-state index is 12.3. The van der Waals surface area contributed by atoms with Gasteiger partial charge in [-0.25, -0.2) is 9.59 Å². The molecule has 0 aromatic carbocycles. The smallest absolute Gasteiger partial charge is 0.471 e. The average molecular weight is 506 g/mol. The van der Waals surface area contributed by atoms with E-state index in [9.17, 15) is 34.8 Å². The number of hydrogen-bond donors (Lipinski definition) is 4. The first-order chi connectivity index (χ1) is 16.4. The lowest BCUT2D eigenvalue weighted by atomic mass is 9.80. The molecule has 0 unspecified atom stereocenters. The molecule has 1 aliphatic carbocycles. The molecule has 2 fully saturated rings. The summed E-state index contributed by atoms with van der Waals surface area (Å²) in [6, 6.07) is 0. The van der Waals surface area contributed by atoms with Crippen LogP contribution in [0.3, 0.4) is 0 Å². The van der Waals surface area contributed by atoms with Gasteiger partial charge in [-0.05, 0) is 6.92 Å². The van der Waals surface area contributed by atoms with Crippen molar-refractivity contribution in [3.05, 3.63) is 11.8 Å². The Morgan fingerprint density at radius 2 is 1.74 bits per heavy atom. The van der Waals surface area contributed by atoms with Gasteiger partial charge in [-0.2, -0.15) is 0 Å². The molecule has 2 heterocycles. The molecule has 0 aromatic heterocycles. The lowest BCUT2D eigenvalue weighted by Gasteiger charge is -2.44. The third-order valence-corrected chi connectivity index (χ3v) is 6.37. The minimum atomic E-state index is -1.77. The molecule has 3 aliphatic rings. The van der Waals surface area contributed by atoms with E-state index in [-0.39, 0.29) is 12.0 Å². The van der Waals surface area contributed by atoms with Crippen LogP contribution in [-0.2, 0) is 42.7 Å². The Kier molecular flexibility index (Phi) is 8.24. The Morgan fingerprint density at radius 3 is 2.34 bits per heavy atom. The lowest BCUT2D eigenvalue weighted by Crippen LogP contribution is -2.61. The van der Waals surface area contributed by atoms with E-state index in [0.29, 0.717) is 0 Å². The number of rotatable bonds is 6. The van der Waals surface area contributed by atoms with E-state index < -0.39 is 85.2 Å². The van der Waals surface area contributed by atoms with Crippen molar-refractivity contribution in [2.75, 3.05) is 20.8 Å². The van der Waals surface area contributed by atoms with Crippen LogP contribution in [0.15, 0.2) is 11.8 Å². The van der Waals surface area contributed by atoms with Crippen molar-refractivity contribution in [1.29, 1.82) is 0 Å². The number of carbonyl (C=O) groups excluding carboxylic acids is 3. The second-order valence-corrected chi connectivity index (χ2v) is 8.71. The van der Waals surface area contributed by atoms with E-state index in [0.717, 1.165) is 20.5 Å². The molecule has 1 saturated heterocycles. The molecule has 14 nitrogen and oxygen atoms in total. The zero-order valence-corrected chi connectivity index (χ0v) is 19.6. The Hall–Kier alpha value is -2.49. The summed E-state index contributed by atoms with van der Waals surface area (Å²) in [6.07, 6.45) is -10.7. The molecule has 2 aliphatic heterocycles. The van der Waals surface area contributed by atoms with Gasteiger partial charge in [-0.15, -0.1) is 0 Å². The Balaban J connectivity index is 1.87. The number of aliphatic hydroxyl groups excluding tert-OH is 4. The molecule has 0 aromatic rings. The molecular weight excluding hydrogens is 476 g/mol. The summed E-state index contributed by atoms with van der Waals surface area (Å²) in [4.78, 5) is 35.4. The molecule has 4 N–H and O–H groups in total. The minimum Gasteiger partial charge on any atom is -0.471 e. The largest absolute Gasteiger partial charge is 0.508 e. The number of aliphatic hydroxyl groups is 4. The van der Waals surface area contributed by atoms with Gasteiger partial charge in [0, 0.05) is 19.3 Å². The predicted molar refractivity (Wildman–Crippen MR) is 109 cm³/mol. The molecule has 0 amide bonds. The van der Waals surface area contributed by atoms with Gasteiger partial charge in [-0.1, -0.05) is 0 Å². The predicted octanol–water partition coefficient (Wildman–Crippen LogP) is -1.67. The van der Waals surface area contributed by atoms with Crippen LogP contribution >= 0.6 is 0 Å². The van der Waals surface area contributed by atoms with Gasteiger partial charge in [0.05, 0.1) is 38.1 Å². The van der Waals surface area contributed by atoms with Crippen LogP contribution in [-0.4, -0.2) is 108 Å². The van der Waals surface area contributed by atoms with Gasteiger partial charge in [-0.3, -0.25) is 4.79 Å². The van der Waals surface area contributed by atoms with Gasteiger partial charge >= 0.3 is 18.1 Å². The lowest BCUT2D eigenvalue weighted by molar-refractivity contribution is -0.346. The summed E-state index contributed by atoms with van der Waals surface area (Å²) in [5.74, 6) is -3.32. The van der Waals surface area contributed by atoms with Crippen LogP contribution < -0.4 is 0 Å². The first-order valence-electron chi connectivity index (χ1n) is 10.8.